The molecule has 0 aliphatic carbocycles. The maximum atomic E-state index is 7.23. The summed E-state index contributed by atoms with van der Waals surface area (Å²) in [5.41, 5.74) is 9.76. The van der Waals surface area contributed by atoms with E-state index in [9.17, 15) is 0 Å². The molecule has 0 saturated carbocycles. The van der Waals surface area contributed by atoms with E-state index in [4.69, 9.17) is 18.5 Å². The molecule has 0 aliphatic heterocycles. The first-order valence-electron chi connectivity index (χ1n) is 18.8. The predicted molar refractivity (Wildman–Crippen MR) is 209 cm³/mol. The summed E-state index contributed by atoms with van der Waals surface area (Å²) in [6.07, 6.45) is 3.35. The van der Waals surface area contributed by atoms with Crippen LogP contribution in [0.5, 0.6) is 0 Å². The molecule has 9 rings (SSSR count). The molecule has 52 heavy (non-hydrogen) atoms. The normalized spacial score (nSPS) is 12.5. The molecule has 0 fully saturated rings. The van der Waals surface area contributed by atoms with E-state index in [2.05, 4.69) is 97.9 Å². The fourth-order valence-electron chi connectivity index (χ4n) is 6.78. The van der Waals surface area contributed by atoms with Crippen molar-refractivity contribution >= 4 is 43.9 Å². The quantitative estimate of drug-likeness (QED) is 0.162. The number of rotatable bonds is 5. The number of fused-ring (bicyclic) bond motifs is 6. The van der Waals surface area contributed by atoms with Gasteiger partial charge in [-0.25, -0.2) is 4.98 Å². The van der Waals surface area contributed by atoms with Gasteiger partial charge in [-0.15, -0.1) is 54.1 Å². The number of furan rings is 1. The first kappa shape index (κ1) is 31.3. The number of pyridine rings is 2. The Morgan fingerprint density at radius 3 is 2.15 bits per heavy atom. The summed E-state index contributed by atoms with van der Waals surface area (Å²) >= 11 is 0. The van der Waals surface area contributed by atoms with E-state index in [1.165, 1.54) is 17.3 Å². The molecule has 1 radical (unpaired) electrons. The van der Waals surface area contributed by atoms with Gasteiger partial charge in [0, 0.05) is 58.5 Å². The average molecular weight is 858 g/mol. The summed E-state index contributed by atoms with van der Waals surface area (Å²) in [6, 6.07) is 44.5. The van der Waals surface area contributed by atoms with Gasteiger partial charge in [-0.3, -0.25) is 4.98 Å². The van der Waals surface area contributed by atoms with Crippen LogP contribution < -0.4 is 0 Å². The van der Waals surface area contributed by atoms with Crippen LogP contribution in [0.1, 0.15) is 60.3 Å². The third kappa shape index (κ3) is 6.34. The molecule has 6 heteroatoms. The van der Waals surface area contributed by atoms with Gasteiger partial charge in [-0.05, 0) is 47.1 Å². The SMILES string of the molecule is CC(C)c1cccc(C(C)C)c1-n1c(-c2[c-]ccc3c2oc2ccccc23)nc2c3ccccc3cnc21.[2H]C([2H])([2H])c1ccc(-c2[c-]cccc2)nc1.[Ir]. The Labute approximate surface area is 322 Å². The second-order valence-electron chi connectivity index (χ2n) is 13.3. The van der Waals surface area contributed by atoms with Crippen molar-refractivity contribution in [1.82, 2.24) is 19.5 Å². The Kier molecular flexibility index (Phi) is 8.84. The summed E-state index contributed by atoms with van der Waals surface area (Å²) in [7, 11) is 0. The molecule has 0 amide bonds. The van der Waals surface area contributed by atoms with Gasteiger partial charge in [0.2, 0.25) is 0 Å². The molecular formula is C46H38IrN4O-2. The summed E-state index contributed by atoms with van der Waals surface area (Å²) in [5.74, 6) is 1.43. The number of benzene rings is 5. The second-order valence-corrected chi connectivity index (χ2v) is 13.3. The number of aromatic nitrogens is 4. The molecule has 5 nitrogen and oxygen atoms in total. The van der Waals surface area contributed by atoms with Crippen LogP contribution in [0.4, 0.5) is 0 Å². The van der Waals surface area contributed by atoms with Crippen molar-refractivity contribution in [3.05, 3.63) is 156 Å². The summed E-state index contributed by atoms with van der Waals surface area (Å²) < 4.78 is 30.4. The Balaban J connectivity index is 0.000000231. The van der Waals surface area contributed by atoms with E-state index < -0.39 is 6.85 Å². The van der Waals surface area contributed by atoms with Crippen molar-refractivity contribution < 1.29 is 28.6 Å². The molecule has 0 saturated heterocycles. The smallest absolute Gasteiger partial charge is 0.156 e. The minimum absolute atomic E-state index is 0. The fraction of sp³-hybridized carbons (Fsp3) is 0.152. The van der Waals surface area contributed by atoms with Crippen molar-refractivity contribution in [2.75, 3.05) is 0 Å². The monoisotopic (exact) mass is 858 g/mol. The third-order valence-corrected chi connectivity index (χ3v) is 9.27. The molecule has 0 N–H and O–H groups in total. The summed E-state index contributed by atoms with van der Waals surface area (Å²) in [5, 5.41) is 4.31. The molecule has 9 aromatic rings. The number of nitrogens with zero attached hydrogens (tertiary/aromatic N) is 4. The van der Waals surface area contributed by atoms with Gasteiger partial charge in [-0.2, -0.15) is 0 Å². The minimum Gasteiger partial charge on any atom is -0.501 e. The number of aryl methyl sites for hydroxylation is 1. The maximum Gasteiger partial charge on any atom is 0.156 e. The molecular weight excluding hydrogens is 817 g/mol. The van der Waals surface area contributed by atoms with Crippen LogP contribution in [0.25, 0.3) is 72.2 Å². The van der Waals surface area contributed by atoms with Gasteiger partial charge in [0.1, 0.15) is 11.1 Å². The van der Waals surface area contributed by atoms with Crippen molar-refractivity contribution in [2.45, 2.75) is 46.4 Å². The Hall–Kier alpha value is -5.42. The standard InChI is InChI=1S/C34H28N3O.C12H10N.Ir/c1-20(2)23-14-9-15-24(21(3)4)31(23)37-33(36-30-25-12-6-5-11-22(25)19-35-34(30)37)28-17-10-16-27-26-13-7-8-18-29(26)38-32(27)28;1-10-7-8-12(13-9-10)11-5-3-2-4-6-11;/h5-16,18-21H,1-4H3;2-5,7-9H,1H3;/q2*-1;/i;1D3;. The van der Waals surface area contributed by atoms with Gasteiger partial charge >= 0.3 is 0 Å². The zero-order valence-corrected chi connectivity index (χ0v) is 31.7. The number of hydrogen-bond donors (Lipinski definition) is 0. The maximum absolute atomic E-state index is 7.23. The van der Waals surface area contributed by atoms with E-state index in [1.807, 2.05) is 54.7 Å². The Morgan fingerprint density at radius 1 is 0.692 bits per heavy atom. The van der Waals surface area contributed by atoms with Crippen molar-refractivity contribution in [3.63, 3.8) is 0 Å². The van der Waals surface area contributed by atoms with Gasteiger partial charge < -0.3 is 14.0 Å². The van der Waals surface area contributed by atoms with Crippen LogP contribution in [0, 0.1) is 19.0 Å². The van der Waals surface area contributed by atoms with E-state index >= 15 is 0 Å². The molecule has 5 aromatic carbocycles. The largest absolute Gasteiger partial charge is 0.501 e. The van der Waals surface area contributed by atoms with E-state index in [0.717, 1.165) is 72.2 Å². The number of hydrogen-bond acceptors (Lipinski definition) is 4. The van der Waals surface area contributed by atoms with Crippen LogP contribution >= 0.6 is 0 Å². The van der Waals surface area contributed by atoms with E-state index in [0.29, 0.717) is 11.8 Å². The molecule has 259 valence electrons. The minimum atomic E-state index is -2.09. The van der Waals surface area contributed by atoms with Gasteiger partial charge in [-0.1, -0.05) is 111 Å². The van der Waals surface area contributed by atoms with Crippen molar-refractivity contribution in [1.29, 1.82) is 0 Å². The average Bonchev–Trinajstić information content (AvgIpc) is 3.77. The summed E-state index contributed by atoms with van der Waals surface area (Å²) in [4.78, 5) is 14.5. The third-order valence-electron chi connectivity index (χ3n) is 9.27. The fourth-order valence-corrected chi connectivity index (χ4v) is 6.78. The second kappa shape index (κ2) is 14.7. The number of imidazole rings is 1. The zero-order chi connectivity index (χ0) is 37.6. The van der Waals surface area contributed by atoms with E-state index in [1.54, 1.807) is 18.2 Å². The van der Waals surface area contributed by atoms with Crippen LogP contribution in [0.15, 0.2) is 132 Å². The molecule has 0 atom stereocenters. The van der Waals surface area contributed by atoms with Crippen LogP contribution in [-0.2, 0) is 20.1 Å². The molecule has 0 aliphatic rings. The predicted octanol–water partition coefficient (Wildman–Crippen LogP) is 12.0. The molecule has 0 bridgehead atoms. The zero-order valence-electron chi connectivity index (χ0n) is 32.3. The van der Waals surface area contributed by atoms with Crippen LogP contribution in [0.2, 0.25) is 0 Å². The Bertz CT molecular complexity index is 2740. The van der Waals surface area contributed by atoms with Gasteiger partial charge in [0.05, 0.1) is 11.4 Å². The van der Waals surface area contributed by atoms with Gasteiger partial charge in [0.25, 0.3) is 0 Å². The van der Waals surface area contributed by atoms with Crippen LogP contribution in [-0.4, -0.2) is 19.5 Å². The molecule has 4 heterocycles. The molecule has 4 aromatic heterocycles. The molecule has 0 spiro atoms. The van der Waals surface area contributed by atoms with Gasteiger partial charge in [0.15, 0.2) is 5.65 Å². The summed E-state index contributed by atoms with van der Waals surface area (Å²) in [6.45, 7) is 6.90. The van der Waals surface area contributed by atoms with Crippen molar-refractivity contribution in [2.24, 2.45) is 0 Å². The first-order valence-corrected chi connectivity index (χ1v) is 17.3. The Morgan fingerprint density at radius 2 is 1.44 bits per heavy atom. The van der Waals surface area contributed by atoms with E-state index in [-0.39, 0.29) is 25.7 Å². The van der Waals surface area contributed by atoms with Crippen molar-refractivity contribution in [3.8, 4) is 28.3 Å². The van der Waals surface area contributed by atoms with Crippen LogP contribution in [0.3, 0.4) is 0 Å². The topological polar surface area (TPSA) is 56.7 Å². The first-order chi connectivity index (χ1) is 26.1. The number of para-hydroxylation sites is 2. The molecule has 0 unspecified atom stereocenters.